The number of carbonyl (C=O) groups is 1. The molecular formula is C16H18N6O. The highest BCUT2D eigenvalue weighted by Gasteiger charge is 2.07. The zero-order chi connectivity index (χ0) is 16.2. The molecule has 7 heteroatoms. The molecule has 0 atom stereocenters. The summed E-state index contributed by atoms with van der Waals surface area (Å²) in [5.41, 5.74) is 7.49. The Morgan fingerprint density at radius 3 is 2.87 bits per heavy atom. The van der Waals surface area contributed by atoms with Crippen molar-refractivity contribution in [3.63, 3.8) is 0 Å². The van der Waals surface area contributed by atoms with E-state index in [1.807, 2.05) is 25.2 Å². The third-order valence-corrected chi connectivity index (χ3v) is 3.65. The van der Waals surface area contributed by atoms with E-state index in [0.29, 0.717) is 12.4 Å². The van der Waals surface area contributed by atoms with Gasteiger partial charge in [-0.2, -0.15) is 0 Å². The largest absolute Gasteiger partial charge is 0.369 e. The zero-order valence-electron chi connectivity index (χ0n) is 12.9. The third-order valence-electron chi connectivity index (χ3n) is 3.65. The molecule has 1 aromatic carbocycles. The second-order valence-electron chi connectivity index (χ2n) is 5.26. The number of amides is 1. The van der Waals surface area contributed by atoms with Crippen molar-refractivity contribution in [2.45, 2.75) is 12.8 Å². The molecule has 3 rings (SSSR count). The number of para-hydroxylation sites is 2. The van der Waals surface area contributed by atoms with E-state index in [9.17, 15) is 4.79 Å². The molecule has 23 heavy (non-hydrogen) atoms. The average Bonchev–Trinajstić information content (AvgIpc) is 2.88. The lowest BCUT2D eigenvalue weighted by atomic mass is 10.3. The van der Waals surface area contributed by atoms with E-state index in [4.69, 9.17) is 5.73 Å². The van der Waals surface area contributed by atoms with Gasteiger partial charge in [0.25, 0.3) is 5.91 Å². The minimum Gasteiger partial charge on any atom is -0.369 e. The van der Waals surface area contributed by atoms with Crippen molar-refractivity contribution in [3.8, 4) is 0 Å². The Labute approximate surface area is 133 Å². The van der Waals surface area contributed by atoms with E-state index in [1.165, 1.54) is 6.20 Å². The quantitative estimate of drug-likeness (QED) is 0.672. The fraction of sp³-hybridized carbons (Fsp3) is 0.250. The van der Waals surface area contributed by atoms with Gasteiger partial charge in [0.05, 0.1) is 23.4 Å². The zero-order valence-corrected chi connectivity index (χ0v) is 12.9. The highest BCUT2D eigenvalue weighted by atomic mass is 16.1. The Morgan fingerprint density at radius 1 is 1.26 bits per heavy atom. The van der Waals surface area contributed by atoms with Crippen LogP contribution in [0.1, 0.15) is 22.7 Å². The van der Waals surface area contributed by atoms with Gasteiger partial charge in [-0.1, -0.05) is 12.1 Å². The van der Waals surface area contributed by atoms with Gasteiger partial charge in [-0.25, -0.2) is 9.97 Å². The maximum atomic E-state index is 11.1. The topological polar surface area (TPSA) is 98.7 Å². The molecule has 0 aliphatic rings. The monoisotopic (exact) mass is 310 g/mol. The Morgan fingerprint density at radius 2 is 2.09 bits per heavy atom. The number of nitrogens with one attached hydrogen (secondary N) is 1. The second-order valence-corrected chi connectivity index (χ2v) is 5.26. The summed E-state index contributed by atoms with van der Waals surface area (Å²) in [6, 6.07) is 8.09. The minimum atomic E-state index is -0.583. The van der Waals surface area contributed by atoms with Crippen LogP contribution >= 0.6 is 0 Å². The van der Waals surface area contributed by atoms with Gasteiger partial charge in [0.2, 0.25) is 0 Å². The number of benzene rings is 1. The molecule has 0 bridgehead atoms. The van der Waals surface area contributed by atoms with Crippen molar-refractivity contribution < 1.29 is 4.79 Å². The standard InChI is InChI=1S/C16H18N6O/c1-22-13-6-3-2-5-11(13)21-15(22)7-4-8-19-14-10-18-9-12(20-14)16(17)23/h2-3,5-6,9-10H,4,7-8H2,1H3,(H2,17,23)(H,19,20). The van der Waals surface area contributed by atoms with Crippen molar-refractivity contribution in [2.75, 3.05) is 11.9 Å². The predicted molar refractivity (Wildman–Crippen MR) is 88.1 cm³/mol. The van der Waals surface area contributed by atoms with Crippen LogP contribution < -0.4 is 11.1 Å². The predicted octanol–water partition coefficient (Wildman–Crippen LogP) is 1.51. The van der Waals surface area contributed by atoms with Crippen molar-refractivity contribution in [1.29, 1.82) is 0 Å². The molecule has 118 valence electrons. The first kappa shape index (κ1) is 15.0. The number of primary amides is 1. The summed E-state index contributed by atoms with van der Waals surface area (Å²) in [5.74, 6) is 1.01. The molecule has 3 N–H and O–H groups in total. The molecule has 0 saturated carbocycles. The average molecular weight is 310 g/mol. The number of imidazole rings is 1. The summed E-state index contributed by atoms with van der Waals surface area (Å²) >= 11 is 0. The number of hydrogen-bond acceptors (Lipinski definition) is 5. The summed E-state index contributed by atoms with van der Waals surface area (Å²) in [4.78, 5) is 23.8. The van der Waals surface area contributed by atoms with E-state index in [-0.39, 0.29) is 5.69 Å². The van der Waals surface area contributed by atoms with Gasteiger partial charge >= 0.3 is 0 Å². The number of aromatic nitrogens is 4. The first-order valence-electron chi connectivity index (χ1n) is 7.41. The molecule has 0 unspecified atom stereocenters. The molecule has 0 spiro atoms. The van der Waals surface area contributed by atoms with Gasteiger partial charge in [-0.15, -0.1) is 0 Å². The smallest absolute Gasteiger partial charge is 0.268 e. The van der Waals surface area contributed by atoms with Crippen LogP contribution in [0.25, 0.3) is 11.0 Å². The number of fused-ring (bicyclic) bond motifs is 1. The van der Waals surface area contributed by atoms with Gasteiger partial charge in [0, 0.05) is 20.0 Å². The van der Waals surface area contributed by atoms with Gasteiger partial charge in [0.15, 0.2) is 0 Å². The van der Waals surface area contributed by atoms with Crippen molar-refractivity contribution in [2.24, 2.45) is 12.8 Å². The molecule has 0 aliphatic carbocycles. The Kier molecular flexibility index (Phi) is 4.18. The van der Waals surface area contributed by atoms with Crippen molar-refractivity contribution in [3.05, 3.63) is 48.2 Å². The lowest BCUT2D eigenvalue weighted by molar-refractivity contribution is 0.0995. The van der Waals surface area contributed by atoms with Crippen LogP contribution in [0.4, 0.5) is 5.82 Å². The molecule has 7 nitrogen and oxygen atoms in total. The second kappa shape index (κ2) is 6.43. The molecule has 3 aromatic rings. The Hall–Kier alpha value is -2.96. The molecule has 2 aromatic heterocycles. The first-order valence-corrected chi connectivity index (χ1v) is 7.41. The third kappa shape index (κ3) is 3.28. The van der Waals surface area contributed by atoms with Crippen LogP contribution in [-0.2, 0) is 13.5 Å². The minimum absolute atomic E-state index is 0.158. The van der Waals surface area contributed by atoms with Crippen molar-refractivity contribution >= 4 is 22.8 Å². The summed E-state index contributed by atoms with van der Waals surface area (Å²) in [6.45, 7) is 0.708. The molecule has 0 saturated heterocycles. The number of hydrogen-bond donors (Lipinski definition) is 2. The number of nitrogens with zero attached hydrogens (tertiary/aromatic N) is 4. The van der Waals surface area contributed by atoms with Gasteiger partial charge in [-0.3, -0.25) is 9.78 Å². The van der Waals surface area contributed by atoms with Crippen LogP contribution in [0.5, 0.6) is 0 Å². The van der Waals surface area contributed by atoms with Crippen molar-refractivity contribution in [1.82, 2.24) is 19.5 Å². The highest BCUT2D eigenvalue weighted by molar-refractivity contribution is 5.90. The fourth-order valence-electron chi connectivity index (χ4n) is 2.45. The van der Waals surface area contributed by atoms with Crippen LogP contribution in [0.15, 0.2) is 36.7 Å². The SMILES string of the molecule is Cn1c(CCCNc2cncc(C(N)=O)n2)nc2ccccc21. The van der Waals surface area contributed by atoms with E-state index in [2.05, 4.69) is 30.9 Å². The fourth-order valence-corrected chi connectivity index (χ4v) is 2.45. The summed E-state index contributed by atoms with van der Waals surface area (Å²) < 4.78 is 2.11. The van der Waals surface area contributed by atoms with E-state index in [1.54, 1.807) is 6.20 Å². The molecule has 2 heterocycles. The lowest BCUT2D eigenvalue weighted by Gasteiger charge is -2.06. The number of nitrogens with two attached hydrogens (primary N) is 1. The van der Waals surface area contributed by atoms with Crippen LogP contribution in [-0.4, -0.2) is 32.0 Å². The maximum absolute atomic E-state index is 11.1. The van der Waals surface area contributed by atoms with Crippen LogP contribution in [0.3, 0.4) is 0 Å². The maximum Gasteiger partial charge on any atom is 0.268 e. The van der Waals surface area contributed by atoms with E-state index >= 15 is 0 Å². The molecular weight excluding hydrogens is 292 g/mol. The number of anilines is 1. The Balaban J connectivity index is 1.58. The summed E-state index contributed by atoms with van der Waals surface area (Å²) in [6.07, 6.45) is 4.66. The van der Waals surface area contributed by atoms with E-state index in [0.717, 1.165) is 29.7 Å². The van der Waals surface area contributed by atoms with Gasteiger partial charge < -0.3 is 15.6 Å². The Bertz CT molecular complexity index is 841. The molecule has 1 amide bonds. The summed E-state index contributed by atoms with van der Waals surface area (Å²) in [5, 5.41) is 3.14. The summed E-state index contributed by atoms with van der Waals surface area (Å²) in [7, 11) is 2.03. The number of aryl methyl sites for hydroxylation is 2. The highest BCUT2D eigenvalue weighted by Crippen LogP contribution is 2.15. The van der Waals surface area contributed by atoms with Crippen LogP contribution in [0.2, 0.25) is 0 Å². The van der Waals surface area contributed by atoms with E-state index < -0.39 is 5.91 Å². The first-order chi connectivity index (χ1) is 11.1. The molecule has 0 fully saturated rings. The number of rotatable bonds is 6. The number of carbonyl (C=O) groups excluding carboxylic acids is 1. The van der Waals surface area contributed by atoms with Crippen LogP contribution in [0, 0.1) is 0 Å². The lowest BCUT2D eigenvalue weighted by Crippen LogP contribution is -2.15. The van der Waals surface area contributed by atoms with Gasteiger partial charge in [-0.05, 0) is 18.6 Å². The normalized spacial score (nSPS) is 10.8. The van der Waals surface area contributed by atoms with Gasteiger partial charge in [0.1, 0.15) is 17.3 Å². The molecule has 0 radical (unpaired) electrons. The molecule has 0 aliphatic heterocycles.